The number of rotatable bonds is 6. The van der Waals surface area contributed by atoms with Crippen LogP contribution in [0.15, 0.2) is 84.9 Å². The molecule has 0 aliphatic carbocycles. The molecule has 5 rings (SSSR count). The van der Waals surface area contributed by atoms with Crippen molar-refractivity contribution in [3.8, 4) is 16.9 Å². The Hall–Kier alpha value is -4.12. The van der Waals surface area contributed by atoms with Gasteiger partial charge in [0.05, 0.1) is 7.11 Å². The van der Waals surface area contributed by atoms with Crippen LogP contribution >= 0.6 is 0 Å². The molecular weight excluding hydrogens is 489 g/mol. The molecule has 4 nitrogen and oxygen atoms in total. The van der Waals surface area contributed by atoms with Gasteiger partial charge in [-0.2, -0.15) is 0 Å². The van der Waals surface area contributed by atoms with Gasteiger partial charge in [0.2, 0.25) is 0 Å². The van der Waals surface area contributed by atoms with Crippen molar-refractivity contribution in [2.24, 2.45) is 0 Å². The molecule has 1 saturated heterocycles. The number of carboxylic acid groups (broad SMARTS) is 1. The van der Waals surface area contributed by atoms with E-state index in [-0.39, 0.29) is 5.82 Å². The Morgan fingerprint density at radius 3 is 2.41 bits per heavy atom. The van der Waals surface area contributed by atoms with Crippen LogP contribution in [0.5, 0.6) is 5.75 Å². The molecule has 39 heavy (non-hydrogen) atoms. The SMILES string of the molecule is CC(=O)O.COc1ccc(F)c(-c2ccc(Cc3ccc(N4CC[C@@H](c5cccc(C)c5)C4)cc3)c(C)c2)c1. The third-order valence-corrected chi connectivity index (χ3v) is 7.22. The predicted octanol–water partition coefficient (Wildman–Crippen LogP) is 7.79. The minimum Gasteiger partial charge on any atom is -0.497 e. The van der Waals surface area contributed by atoms with Gasteiger partial charge in [-0.05, 0) is 84.8 Å². The highest BCUT2D eigenvalue weighted by molar-refractivity contribution is 5.67. The highest BCUT2D eigenvalue weighted by Gasteiger charge is 2.24. The second kappa shape index (κ2) is 12.6. The third-order valence-electron chi connectivity index (χ3n) is 7.22. The Kier molecular flexibility index (Phi) is 9.03. The Bertz CT molecular complexity index is 1430. The van der Waals surface area contributed by atoms with Gasteiger partial charge in [0, 0.05) is 37.2 Å². The molecule has 0 radical (unpaired) electrons. The standard InChI is InChI=1S/C32H32FNO.C2H4O2/c1-22-5-4-6-26(17-22)28-15-16-34(21-28)29-11-7-24(8-12-29)19-25-9-10-27(18-23(25)2)31-20-30(35-3)13-14-32(31)33;1-2(3)4/h4-14,17-18,20,28H,15-16,19,21H2,1-3H3;1H3,(H,3,4)/t28-;/m1./s1. The number of nitrogens with zero attached hydrogens (tertiary/aromatic N) is 1. The molecule has 0 aromatic heterocycles. The first-order valence-corrected chi connectivity index (χ1v) is 13.3. The lowest BCUT2D eigenvalue weighted by Crippen LogP contribution is -2.19. The van der Waals surface area contributed by atoms with E-state index >= 15 is 0 Å². The summed E-state index contributed by atoms with van der Waals surface area (Å²) in [5.41, 5.74) is 9.23. The van der Waals surface area contributed by atoms with Crippen molar-refractivity contribution in [3.05, 3.63) is 119 Å². The van der Waals surface area contributed by atoms with E-state index in [0.717, 1.165) is 37.6 Å². The Labute approximate surface area is 230 Å². The maximum Gasteiger partial charge on any atom is 0.300 e. The summed E-state index contributed by atoms with van der Waals surface area (Å²) in [6, 6.07) is 29.0. The van der Waals surface area contributed by atoms with E-state index in [1.165, 1.54) is 40.4 Å². The van der Waals surface area contributed by atoms with Gasteiger partial charge in [-0.3, -0.25) is 4.79 Å². The van der Waals surface area contributed by atoms with Crippen molar-refractivity contribution in [2.75, 3.05) is 25.1 Å². The van der Waals surface area contributed by atoms with Crippen molar-refractivity contribution in [1.29, 1.82) is 0 Å². The number of carboxylic acids is 1. The largest absolute Gasteiger partial charge is 0.497 e. The van der Waals surface area contributed by atoms with Crippen molar-refractivity contribution in [3.63, 3.8) is 0 Å². The number of hydrogen-bond donors (Lipinski definition) is 1. The van der Waals surface area contributed by atoms with Crippen LogP contribution in [0.1, 0.15) is 47.1 Å². The minimum absolute atomic E-state index is 0.236. The van der Waals surface area contributed by atoms with E-state index in [0.29, 0.717) is 17.2 Å². The van der Waals surface area contributed by atoms with Gasteiger partial charge < -0.3 is 14.7 Å². The monoisotopic (exact) mass is 525 g/mol. The Morgan fingerprint density at radius 1 is 1.00 bits per heavy atom. The lowest BCUT2D eigenvalue weighted by atomic mass is 9.95. The number of halogens is 1. The Balaban J connectivity index is 0.000000826. The predicted molar refractivity (Wildman–Crippen MR) is 156 cm³/mol. The number of anilines is 1. The molecule has 1 atom stereocenters. The number of carbonyl (C=O) groups is 1. The van der Waals surface area contributed by atoms with Gasteiger partial charge in [0.25, 0.3) is 5.97 Å². The number of ether oxygens (including phenoxy) is 1. The minimum atomic E-state index is -0.833. The smallest absolute Gasteiger partial charge is 0.300 e. The van der Waals surface area contributed by atoms with Crippen LogP contribution in [0.3, 0.4) is 0 Å². The molecule has 0 saturated carbocycles. The fourth-order valence-electron chi connectivity index (χ4n) is 5.15. The molecule has 0 amide bonds. The first-order chi connectivity index (χ1) is 18.7. The molecule has 202 valence electrons. The molecule has 1 fully saturated rings. The molecule has 1 heterocycles. The van der Waals surface area contributed by atoms with E-state index in [2.05, 4.69) is 79.4 Å². The second-order valence-electron chi connectivity index (χ2n) is 10.2. The van der Waals surface area contributed by atoms with Crippen LogP contribution in [0.25, 0.3) is 11.1 Å². The van der Waals surface area contributed by atoms with E-state index in [9.17, 15) is 4.39 Å². The molecule has 1 aliphatic heterocycles. The number of hydrogen-bond acceptors (Lipinski definition) is 3. The average molecular weight is 526 g/mol. The van der Waals surface area contributed by atoms with Gasteiger partial charge >= 0.3 is 0 Å². The zero-order valence-corrected chi connectivity index (χ0v) is 23.1. The third kappa shape index (κ3) is 7.26. The van der Waals surface area contributed by atoms with Crippen molar-refractivity contribution < 1.29 is 19.0 Å². The fourth-order valence-corrected chi connectivity index (χ4v) is 5.15. The van der Waals surface area contributed by atoms with Gasteiger partial charge in [-0.15, -0.1) is 0 Å². The fraction of sp³-hybridized carbons (Fsp3) is 0.265. The molecule has 0 unspecified atom stereocenters. The van der Waals surface area contributed by atoms with Gasteiger partial charge in [0.1, 0.15) is 11.6 Å². The van der Waals surface area contributed by atoms with Gasteiger partial charge in [-0.25, -0.2) is 4.39 Å². The van der Waals surface area contributed by atoms with E-state index < -0.39 is 5.97 Å². The maximum atomic E-state index is 14.4. The van der Waals surface area contributed by atoms with Crippen molar-refractivity contribution in [2.45, 2.75) is 39.5 Å². The van der Waals surface area contributed by atoms with Crippen LogP contribution in [0, 0.1) is 19.7 Å². The first-order valence-electron chi connectivity index (χ1n) is 13.3. The van der Waals surface area contributed by atoms with Crippen LogP contribution in [0.4, 0.5) is 10.1 Å². The number of benzene rings is 4. The van der Waals surface area contributed by atoms with Crippen LogP contribution in [-0.4, -0.2) is 31.3 Å². The normalized spacial score (nSPS) is 14.5. The summed E-state index contributed by atoms with van der Waals surface area (Å²) in [4.78, 5) is 11.5. The number of aliphatic carboxylic acids is 1. The first kappa shape index (κ1) is 27.9. The topological polar surface area (TPSA) is 49.8 Å². The summed E-state index contributed by atoms with van der Waals surface area (Å²) >= 11 is 0. The summed E-state index contributed by atoms with van der Waals surface area (Å²) in [6.45, 7) is 7.52. The lowest BCUT2D eigenvalue weighted by molar-refractivity contribution is -0.134. The van der Waals surface area contributed by atoms with E-state index in [1.807, 2.05) is 6.07 Å². The maximum absolute atomic E-state index is 14.4. The molecule has 0 bridgehead atoms. The highest BCUT2D eigenvalue weighted by atomic mass is 19.1. The summed E-state index contributed by atoms with van der Waals surface area (Å²) < 4.78 is 19.7. The summed E-state index contributed by atoms with van der Waals surface area (Å²) in [5.74, 6) is 0.191. The summed E-state index contributed by atoms with van der Waals surface area (Å²) in [6.07, 6.45) is 2.06. The zero-order valence-electron chi connectivity index (χ0n) is 23.1. The molecule has 4 aromatic carbocycles. The quantitative estimate of drug-likeness (QED) is 0.279. The number of methoxy groups -OCH3 is 1. The zero-order chi connectivity index (χ0) is 27.9. The van der Waals surface area contributed by atoms with Crippen molar-refractivity contribution in [1.82, 2.24) is 0 Å². The van der Waals surface area contributed by atoms with Crippen LogP contribution in [-0.2, 0) is 11.2 Å². The molecule has 4 aromatic rings. The van der Waals surface area contributed by atoms with Gasteiger partial charge in [-0.1, -0.05) is 60.2 Å². The Morgan fingerprint density at radius 2 is 1.74 bits per heavy atom. The molecule has 0 spiro atoms. The van der Waals surface area contributed by atoms with Gasteiger partial charge in [0.15, 0.2) is 0 Å². The van der Waals surface area contributed by atoms with E-state index in [4.69, 9.17) is 14.6 Å². The molecule has 5 heteroatoms. The van der Waals surface area contributed by atoms with Crippen LogP contribution in [0.2, 0.25) is 0 Å². The molecular formula is C34H36FNO3. The van der Waals surface area contributed by atoms with Crippen LogP contribution < -0.4 is 9.64 Å². The summed E-state index contributed by atoms with van der Waals surface area (Å²) in [7, 11) is 1.60. The molecule has 1 N–H and O–H groups in total. The number of aryl methyl sites for hydroxylation is 2. The lowest BCUT2D eigenvalue weighted by Gasteiger charge is -2.19. The average Bonchev–Trinajstić information content (AvgIpc) is 3.41. The summed E-state index contributed by atoms with van der Waals surface area (Å²) in [5, 5.41) is 7.42. The molecule has 1 aliphatic rings. The van der Waals surface area contributed by atoms with E-state index in [1.54, 1.807) is 19.2 Å². The highest BCUT2D eigenvalue weighted by Crippen LogP contribution is 2.32. The van der Waals surface area contributed by atoms with Crippen molar-refractivity contribution >= 4 is 11.7 Å². The second-order valence-corrected chi connectivity index (χ2v) is 10.2.